The van der Waals surface area contributed by atoms with Crippen LogP contribution < -0.4 is 4.90 Å². The molecule has 0 saturated heterocycles. The molecule has 0 N–H and O–H groups in total. The number of hydrogen-bond donors (Lipinski definition) is 0. The van der Waals surface area contributed by atoms with Crippen molar-refractivity contribution in [2.75, 3.05) is 18.6 Å². The topological polar surface area (TPSA) is 70.4 Å². The second kappa shape index (κ2) is 7.54. The highest BCUT2D eigenvalue weighted by Crippen LogP contribution is 2.19. The van der Waals surface area contributed by atoms with Crippen LogP contribution in [0.2, 0.25) is 0 Å². The molecule has 0 unspecified atom stereocenters. The van der Waals surface area contributed by atoms with Crippen LogP contribution in [0.5, 0.6) is 0 Å². The lowest BCUT2D eigenvalue weighted by molar-refractivity contribution is -0.141. The fraction of sp³-hybridized carbons (Fsp3) is 0.308. The molecule has 0 heterocycles. The van der Waals surface area contributed by atoms with E-state index in [9.17, 15) is 9.59 Å². The zero-order valence-electron chi connectivity index (χ0n) is 10.4. The molecule has 0 saturated carbocycles. The van der Waals surface area contributed by atoms with E-state index in [1.165, 1.54) is 12.0 Å². The van der Waals surface area contributed by atoms with E-state index in [1.807, 2.05) is 6.07 Å². The van der Waals surface area contributed by atoms with E-state index in [0.29, 0.717) is 5.69 Å². The molecule has 0 aliphatic rings. The molecule has 0 fully saturated rings. The molecule has 6 heteroatoms. The Morgan fingerprint density at radius 2 is 1.95 bits per heavy atom. The van der Waals surface area contributed by atoms with Crippen molar-refractivity contribution < 1.29 is 14.3 Å². The normalized spacial score (nSPS) is 9.53. The molecule has 19 heavy (non-hydrogen) atoms. The standard InChI is InChI=1S/C13H13BrN2O3/c1-19-13(18)7-6-12(17)16(9-8-15)11-4-2-10(14)3-5-11/h2-5H,6-7,9H2,1H3. The molecule has 1 aromatic carbocycles. The monoisotopic (exact) mass is 324 g/mol. The smallest absolute Gasteiger partial charge is 0.306 e. The highest BCUT2D eigenvalue weighted by molar-refractivity contribution is 9.10. The molecule has 5 nitrogen and oxygen atoms in total. The molecule has 0 atom stereocenters. The van der Waals surface area contributed by atoms with Crippen LogP contribution in [0.25, 0.3) is 0 Å². The van der Waals surface area contributed by atoms with Crippen LogP contribution in [-0.2, 0) is 14.3 Å². The molecule has 0 bridgehead atoms. The minimum Gasteiger partial charge on any atom is -0.469 e. The van der Waals surface area contributed by atoms with Gasteiger partial charge in [-0.3, -0.25) is 14.5 Å². The van der Waals surface area contributed by atoms with Crippen LogP contribution in [0, 0.1) is 11.3 Å². The summed E-state index contributed by atoms with van der Waals surface area (Å²) in [5.74, 6) is -0.727. The molecular weight excluding hydrogens is 312 g/mol. The van der Waals surface area contributed by atoms with Crippen LogP contribution >= 0.6 is 15.9 Å². The van der Waals surface area contributed by atoms with Gasteiger partial charge in [-0.15, -0.1) is 0 Å². The van der Waals surface area contributed by atoms with E-state index >= 15 is 0 Å². The largest absolute Gasteiger partial charge is 0.469 e. The second-order valence-corrected chi connectivity index (χ2v) is 4.61. The predicted octanol–water partition coefficient (Wildman–Crippen LogP) is 2.26. The fourth-order valence-corrected chi connectivity index (χ4v) is 1.73. The number of carbonyl (C=O) groups is 2. The highest BCUT2D eigenvalue weighted by atomic mass is 79.9. The Bertz CT molecular complexity index is 494. The first-order valence-electron chi connectivity index (χ1n) is 5.58. The van der Waals surface area contributed by atoms with Crippen LogP contribution in [0.4, 0.5) is 5.69 Å². The molecule has 0 aliphatic heterocycles. The van der Waals surface area contributed by atoms with Crippen molar-refractivity contribution in [3.05, 3.63) is 28.7 Å². The Hall–Kier alpha value is -1.87. The van der Waals surface area contributed by atoms with Gasteiger partial charge in [0.25, 0.3) is 0 Å². The molecule has 100 valence electrons. The fourth-order valence-electron chi connectivity index (χ4n) is 1.46. The quantitative estimate of drug-likeness (QED) is 0.615. The third-order valence-corrected chi connectivity index (χ3v) is 2.97. The lowest BCUT2D eigenvalue weighted by Gasteiger charge is -2.19. The van der Waals surface area contributed by atoms with E-state index in [0.717, 1.165) is 4.47 Å². The van der Waals surface area contributed by atoms with Crippen LogP contribution in [0.15, 0.2) is 28.7 Å². The summed E-state index contributed by atoms with van der Waals surface area (Å²) in [6.45, 7) is -0.0539. The number of methoxy groups -OCH3 is 1. The number of ether oxygens (including phenoxy) is 1. The number of esters is 1. The minimum atomic E-state index is -0.443. The van der Waals surface area contributed by atoms with Gasteiger partial charge in [0.15, 0.2) is 0 Å². The second-order valence-electron chi connectivity index (χ2n) is 3.69. The van der Waals surface area contributed by atoms with Crippen molar-refractivity contribution in [3.63, 3.8) is 0 Å². The van der Waals surface area contributed by atoms with Gasteiger partial charge in [0.2, 0.25) is 5.91 Å². The van der Waals surface area contributed by atoms with Crippen molar-refractivity contribution in [2.45, 2.75) is 12.8 Å². The molecular formula is C13H13BrN2O3. The van der Waals surface area contributed by atoms with Crippen LogP contribution in [-0.4, -0.2) is 25.5 Å². The van der Waals surface area contributed by atoms with Crippen molar-refractivity contribution in [3.8, 4) is 6.07 Å². The number of halogens is 1. The van der Waals surface area contributed by atoms with Crippen molar-refractivity contribution in [1.29, 1.82) is 5.26 Å². The zero-order valence-corrected chi connectivity index (χ0v) is 12.0. The number of anilines is 1. The van der Waals surface area contributed by atoms with Crippen LogP contribution in [0.3, 0.4) is 0 Å². The Kier molecular flexibility index (Phi) is 6.03. The Morgan fingerprint density at radius 1 is 1.32 bits per heavy atom. The summed E-state index contributed by atoms with van der Waals surface area (Å²) in [5, 5.41) is 8.78. The Labute approximate surface area is 119 Å². The van der Waals surface area contributed by atoms with E-state index in [-0.39, 0.29) is 25.3 Å². The summed E-state index contributed by atoms with van der Waals surface area (Å²) in [7, 11) is 1.27. The average molecular weight is 325 g/mol. The molecule has 1 amide bonds. The molecule has 1 rings (SSSR count). The van der Waals surface area contributed by atoms with Crippen molar-refractivity contribution in [1.82, 2.24) is 0 Å². The summed E-state index contributed by atoms with van der Waals surface area (Å²) < 4.78 is 5.37. The van der Waals surface area contributed by atoms with Crippen LogP contribution in [0.1, 0.15) is 12.8 Å². The van der Waals surface area contributed by atoms with Crippen molar-refractivity contribution >= 4 is 33.5 Å². The summed E-state index contributed by atoms with van der Waals surface area (Å²) >= 11 is 3.30. The van der Waals surface area contributed by atoms with Gasteiger partial charge >= 0.3 is 5.97 Å². The summed E-state index contributed by atoms with van der Waals surface area (Å²) in [6, 6.07) is 8.98. The first-order valence-corrected chi connectivity index (χ1v) is 6.37. The molecule has 0 radical (unpaired) electrons. The van der Waals surface area contributed by atoms with Gasteiger partial charge in [-0.2, -0.15) is 5.26 Å². The summed E-state index contributed by atoms with van der Waals surface area (Å²) in [5.41, 5.74) is 0.625. The molecule has 0 aliphatic carbocycles. The Morgan fingerprint density at radius 3 is 2.47 bits per heavy atom. The SMILES string of the molecule is COC(=O)CCC(=O)N(CC#N)c1ccc(Br)cc1. The van der Waals surface area contributed by atoms with Gasteiger partial charge in [0.05, 0.1) is 19.6 Å². The van der Waals surface area contributed by atoms with Crippen molar-refractivity contribution in [2.24, 2.45) is 0 Å². The number of hydrogen-bond acceptors (Lipinski definition) is 4. The molecule has 0 spiro atoms. The zero-order chi connectivity index (χ0) is 14.3. The predicted molar refractivity (Wildman–Crippen MR) is 73.4 cm³/mol. The van der Waals surface area contributed by atoms with Gasteiger partial charge in [-0.05, 0) is 24.3 Å². The lowest BCUT2D eigenvalue weighted by Crippen LogP contribution is -2.31. The lowest BCUT2D eigenvalue weighted by atomic mass is 10.2. The van der Waals surface area contributed by atoms with E-state index in [2.05, 4.69) is 20.7 Å². The molecule has 1 aromatic rings. The maximum atomic E-state index is 12.0. The first-order chi connectivity index (χ1) is 9.08. The summed E-state index contributed by atoms with van der Waals surface area (Å²) in [6.07, 6.45) is 0.0260. The maximum absolute atomic E-state index is 12.0. The van der Waals surface area contributed by atoms with E-state index < -0.39 is 5.97 Å². The van der Waals surface area contributed by atoms with E-state index in [1.54, 1.807) is 24.3 Å². The number of benzene rings is 1. The molecule has 0 aromatic heterocycles. The maximum Gasteiger partial charge on any atom is 0.306 e. The van der Waals surface area contributed by atoms with Gasteiger partial charge < -0.3 is 4.74 Å². The van der Waals surface area contributed by atoms with Gasteiger partial charge in [-0.1, -0.05) is 15.9 Å². The number of carbonyl (C=O) groups excluding carboxylic acids is 2. The van der Waals surface area contributed by atoms with E-state index in [4.69, 9.17) is 5.26 Å². The highest BCUT2D eigenvalue weighted by Gasteiger charge is 2.16. The number of nitriles is 1. The number of amides is 1. The Balaban J connectivity index is 2.77. The minimum absolute atomic E-state index is 0.00773. The van der Waals surface area contributed by atoms with Gasteiger partial charge in [0, 0.05) is 16.6 Å². The third-order valence-electron chi connectivity index (χ3n) is 2.44. The first kappa shape index (κ1) is 15.2. The third kappa shape index (κ3) is 4.72. The number of rotatable bonds is 5. The average Bonchev–Trinajstić information content (AvgIpc) is 2.43. The summed E-state index contributed by atoms with van der Waals surface area (Å²) in [4.78, 5) is 24.4. The van der Waals surface area contributed by atoms with Gasteiger partial charge in [0.1, 0.15) is 6.54 Å². The van der Waals surface area contributed by atoms with Gasteiger partial charge in [-0.25, -0.2) is 0 Å². The number of nitrogens with zero attached hydrogens (tertiary/aromatic N) is 2.